The van der Waals surface area contributed by atoms with E-state index in [0.717, 1.165) is 22.3 Å². The van der Waals surface area contributed by atoms with Crippen molar-refractivity contribution in [2.75, 3.05) is 4.90 Å². The van der Waals surface area contributed by atoms with Crippen molar-refractivity contribution in [3.8, 4) is 56.5 Å². The van der Waals surface area contributed by atoms with Crippen molar-refractivity contribution in [1.29, 1.82) is 0 Å². The molecule has 0 unspecified atom stereocenters. The maximum absolute atomic E-state index is 14.0. The van der Waals surface area contributed by atoms with Gasteiger partial charge in [0.25, 0.3) is 0 Å². The number of nitrogens with zero attached hydrogens (tertiary/aromatic N) is 6. The summed E-state index contributed by atoms with van der Waals surface area (Å²) in [6.45, 7) is 0. The summed E-state index contributed by atoms with van der Waals surface area (Å²) in [4.78, 5) is 27.4. The Morgan fingerprint density at radius 2 is 0.885 bits per heavy atom. The molecule has 8 nitrogen and oxygen atoms in total. The van der Waals surface area contributed by atoms with Gasteiger partial charge in [0.15, 0.2) is 17.5 Å². The lowest BCUT2D eigenvalue weighted by atomic mass is 10.1. The molecular weight excluding hydrogens is 665 g/mol. The molecule has 0 bridgehead atoms. The van der Waals surface area contributed by atoms with Gasteiger partial charge in [-0.25, -0.2) is 23.4 Å². The maximum atomic E-state index is 14.0. The van der Waals surface area contributed by atoms with Crippen LogP contribution in [0.15, 0.2) is 180 Å². The topological polar surface area (TPSA) is 102 Å². The van der Waals surface area contributed by atoms with Crippen LogP contribution in [0.25, 0.3) is 56.5 Å². The number of hydrogen-bond acceptors (Lipinski definition) is 8. The van der Waals surface area contributed by atoms with Gasteiger partial charge in [-0.3, -0.25) is 4.90 Å². The number of fused-ring (bicyclic) bond motifs is 3. The zero-order valence-electron chi connectivity index (χ0n) is 27.6. The highest BCUT2D eigenvalue weighted by atomic mass is 32.2. The minimum Gasteiger partial charge on any atom is -0.263 e. The Balaban J connectivity index is 1.33. The second kappa shape index (κ2) is 12.8. The molecule has 0 atom stereocenters. The molecule has 52 heavy (non-hydrogen) atoms. The van der Waals surface area contributed by atoms with E-state index in [1.54, 1.807) is 23.1 Å². The van der Waals surface area contributed by atoms with E-state index in [2.05, 4.69) is 0 Å². The molecule has 0 N–H and O–H groups in total. The predicted molar refractivity (Wildman–Crippen MR) is 203 cm³/mol. The third kappa shape index (κ3) is 5.59. The van der Waals surface area contributed by atoms with Crippen molar-refractivity contribution < 1.29 is 8.42 Å². The summed E-state index contributed by atoms with van der Waals surface area (Å²) >= 11 is 0. The molecule has 0 radical (unpaired) electrons. The number of rotatable bonds is 7. The fourth-order valence-electron chi connectivity index (χ4n) is 6.41. The molecule has 9 heteroatoms. The fourth-order valence-corrected chi connectivity index (χ4v) is 8.11. The molecule has 6 aromatic carbocycles. The Kier molecular flexibility index (Phi) is 7.67. The molecule has 3 heterocycles. The van der Waals surface area contributed by atoms with Gasteiger partial charge in [0.1, 0.15) is 5.82 Å². The summed E-state index contributed by atoms with van der Waals surface area (Å²) < 4.78 is 28.0. The average molecular weight is 693 g/mol. The van der Waals surface area contributed by atoms with E-state index in [4.69, 9.17) is 24.9 Å². The van der Waals surface area contributed by atoms with Crippen molar-refractivity contribution in [3.63, 3.8) is 0 Å². The van der Waals surface area contributed by atoms with Crippen LogP contribution in [0.5, 0.6) is 0 Å². The molecule has 9 rings (SSSR count). The van der Waals surface area contributed by atoms with Gasteiger partial charge < -0.3 is 0 Å². The monoisotopic (exact) mass is 692 g/mol. The first kappa shape index (κ1) is 31.2. The summed E-state index contributed by atoms with van der Waals surface area (Å²) in [5.41, 5.74) is 5.81. The summed E-state index contributed by atoms with van der Waals surface area (Å²) in [7, 11) is -3.80. The predicted octanol–water partition coefficient (Wildman–Crippen LogP) is 9.61. The van der Waals surface area contributed by atoms with Gasteiger partial charge >= 0.3 is 0 Å². The van der Waals surface area contributed by atoms with E-state index < -0.39 is 9.84 Å². The maximum Gasteiger partial charge on any atom is 0.239 e. The molecule has 0 saturated carbocycles. The van der Waals surface area contributed by atoms with E-state index in [9.17, 15) is 8.42 Å². The highest BCUT2D eigenvalue weighted by molar-refractivity contribution is 7.92. The van der Waals surface area contributed by atoms with Crippen LogP contribution in [0.1, 0.15) is 0 Å². The summed E-state index contributed by atoms with van der Waals surface area (Å²) in [6, 6.07) is 53.4. The lowest BCUT2D eigenvalue weighted by Crippen LogP contribution is -2.17. The Morgan fingerprint density at radius 3 is 1.46 bits per heavy atom. The van der Waals surface area contributed by atoms with Crippen LogP contribution in [0.3, 0.4) is 0 Å². The molecule has 0 saturated heterocycles. The van der Waals surface area contributed by atoms with E-state index in [1.807, 2.05) is 152 Å². The minimum atomic E-state index is -3.80. The van der Waals surface area contributed by atoms with Crippen LogP contribution in [0, 0.1) is 0 Å². The number of anilines is 3. The van der Waals surface area contributed by atoms with Crippen LogP contribution < -0.4 is 4.90 Å². The van der Waals surface area contributed by atoms with Crippen LogP contribution in [-0.4, -0.2) is 33.3 Å². The van der Waals surface area contributed by atoms with Crippen LogP contribution in [-0.2, 0) is 9.84 Å². The highest BCUT2D eigenvalue weighted by Crippen LogP contribution is 2.46. The second-order valence-corrected chi connectivity index (χ2v) is 14.1. The number of hydrogen-bond donors (Lipinski definition) is 0. The van der Waals surface area contributed by atoms with Crippen molar-refractivity contribution in [3.05, 3.63) is 170 Å². The third-order valence-electron chi connectivity index (χ3n) is 8.91. The van der Waals surface area contributed by atoms with E-state index >= 15 is 0 Å². The summed E-state index contributed by atoms with van der Waals surface area (Å²) in [5, 5.41) is 0. The molecule has 2 aromatic heterocycles. The first-order chi connectivity index (χ1) is 25.5. The molecule has 0 spiro atoms. The molecule has 1 aliphatic heterocycles. The Morgan fingerprint density at radius 1 is 0.404 bits per heavy atom. The zero-order chi connectivity index (χ0) is 35.1. The van der Waals surface area contributed by atoms with Crippen molar-refractivity contribution >= 4 is 27.3 Å². The standard InChI is InChI=1S/C43H28N6O2S/c50-52(51)37-24-14-13-23-34(37)35-26-25-33(27-38(35)52)49(39-28-36(29-15-5-1-6-16-29)44-40(45-39)30-17-7-2-8-18-30)43-47-41(31-19-9-3-10-20-31)46-42(48-43)32-21-11-4-12-22-32/h1-28H. The van der Waals surface area contributed by atoms with Gasteiger partial charge in [-0.1, -0.05) is 146 Å². The lowest BCUT2D eigenvalue weighted by molar-refractivity contribution is 0.598. The largest absolute Gasteiger partial charge is 0.263 e. The van der Waals surface area contributed by atoms with Crippen molar-refractivity contribution in [2.45, 2.75) is 9.79 Å². The molecule has 0 amide bonds. The number of sulfone groups is 1. The Labute approximate surface area is 300 Å². The highest BCUT2D eigenvalue weighted by Gasteiger charge is 2.34. The lowest BCUT2D eigenvalue weighted by Gasteiger charge is -2.24. The molecule has 0 fully saturated rings. The smallest absolute Gasteiger partial charge is 0.239 e. The van der Waals surface area contributed by atoms with E-state index in [0.29, 0.717) is 45.8 Å². The van der Waals surface area contributed by atoms with Crippen LogP contribution >= 0.6 is 0 Å². The Bertz CT molecular complexity index is 2450. The summed E-state index contributed by atoms with van der Waals surface area (Å²) in [6.07, 6.45) is 0. The molecule has 248 valence electrons. The first-order valence-electron chi connectivity index (χ1n) is 16.7. The van der Waals surface area contributed by atoms with Crippen LogP contribution in [0.4, 0.5) is 17.5 Å². The quantitative estimate of drug-likeness (QED) is 0.163. The minimum absolute atomic E-state index is 0.206. The molecule has 1 aliphatic rings. The normalized spacial score (nSPS) is 12.5. The number of aromatic nitrogens is 5. The molecular formula is C43H28N6O2S. The second-order valence-electron chi connectivity index (χ2n) is 12.2. The van der Waals surface area contributed by atoms with Gasteiger partial charge in [0.05, 0.1) is 21.2 Å². The van der Waals surface area contributed by atoms with Crippen molar-refractivity contribution in [2.24, 2.45) is 0 Å². The Hall–Kier alpha value is -6.84. The van der Waals surface area contributed by atoms with Crippen LogP contribution in [0.2, 0.25) is 0 Å². The van der Waals surface area contributed by atoms with Gasteiger partial charge in [-0.15, -0.1) is 0 Å². The zero-order valence-corrected chi connectivity index (χ0v) is 28.4. The van der Waals surface area contributed by atoms with Gasteiger partial charge in [0.2, 0.25) is 15.8 Å². The SMILES string of the molecule is O=S1(=O)c2ccccc2-c2ccc(N(c3cc(-c4ccccc4)nc(-c4ccccc4)n3)c3nc(-c4ccccc4)nc(-c4ccccc4)n3)cc21. The van der Waals surface area contributed by atoms with E-state index in [-0.39, 0.29) is 15.7 Å². The third-order valence-corrected chi connectivity index (χ3v) is 10.8. The van der Waals surface area contributed by atoms with Gasteiger partial charge in [0, 0.05) is 39.4 Å². The molecule has 8 aromatic rings. The summed E-state index contributed by atoms with van der Waals surface area (Å²) in [5.74, 6) is 2.11. The fraction of sp³-hybridized carbons (Fsp3) is 0. The average Bonchev–Trinajstić information content (AvgIpc) is 3.44. The molecule has 0 aliphatic carbocycles. The number of benzene rings is 6. The van der Waals surface area contributed by atoms with Gasteiger partial charge in [-0.05, 0) is 18.2 Å². The van der Waals surface area contributed by atoms with Gasteiger partial charge in [-0.2, -0.15) is 9.97 Å². The first-order valence-corrected chi connectivity index (χ1v) is 18.2. The van der Waals surface area contributed by atoms with E-state index in [1.165, 1.54) is 0 Å². The van der Waals surface area contributed by atoms with Crippen molar-refractivity contribution in [1.82, 2.24) is 24.9 Å².